The summed E-state index contributed by atoms with van der Waals surface area (Å²) in [6.07, 6.45) is 2.17. The Morgan fingerprint density at radius 3 is 2.18 bits per heavy atom. The Balaban J connectivity index is 1.47. The van der Waals surface area contributed by atoms with Crippen molar-refractivity contribution in [1.82, 2.24) is 9.80 Å². The number of hydrogen-bond donors (Lipinski definition) is 0. The number of hydrogen-bond acceptors (Lipinski definition) is 5. The van der Waals surface area contributed by atoms with E-state index in [0.29, 0.717) is 43.9 Å². The standard InChI is InChI=1S/C20H23N3O4S/c1-2-15-3-5-16(6-4-15)7-9-18(24)21-11-13-22(14-12-21)20(25)17-8-10-19(28-17)23(26)27/h3-6,8,10H,2,7,9,11-14H2,1H3. The lowest BCUT2D eigenvalue weighted by atomic mass is 10.1. The minimum atomic E-state index is -0.492. The summed E-state index contributed by atoms with van der Waals surface area (Å²) in [4.78, 5) is 39.0. The minimum absolute atomic E-state index is 0.0378. The lowest BCUT2D eigenvalue weighted by Gasteiger charge is -2.34. The van der Waals surface area contributed by atoms with Crippen LogP contribution in [0.2, 0.25) is 0 Å². The van der Waals surface area contributed by atoms with Crippen LogP contribution in [0.15, 0.2) is 36.4 Å². The van der Waals surface area contributed by atoms with Gasteiger partial charge in [0.15, 0.2) is 0 Å². The summed E-state index contributed by atoms with van der Waals surface area (Å²) in [6.45, 7) is 3.99. The molecule has 0 atom stereocenters. The van der Waals surface area contributed by atoms with Crippen LogP contribution in [0.3, 0.4) is 0 Å². The zero-order valence-electron chi connectivity index (χ0n) is 15.8. The van der Waals surface area contributed by atoms with E-state index in [1.165, 1.54) is 17.7 Å². The number of piperazine rings is 1. The van der Waals surface area contributed by atoms with Crippen molar-refractivity contribution < 1.29 is 14.5 Å². The number of aryl methyl sites for hydroxylation is 2. The third-order valence-electron chi connectivity index (χ3n) is 4.96. The smallest absolute Gasteiger partial charge is 0.324 e. The zero-order valence-corrected chi connectivity index (χ0v) is 16.6. The summed E-state index contributed by atoms with van der Waals surface area (Å²) in [5, 5.41) is 10.7. The molecular weight excluding hydrogens is 378 g/mol. The van der Waals surface area contributed by atoms with Crippen LogP contribution < -0.4 is 0 Å². The van der Waals surface area contributed by atoms with Crippen molar-refractivity contribution in [3.8, 4) is 0 Å². The number of nitro groups is 1. The highest BCUT2D eigenvalue weighted by atomic mass is 32.1. The molecule has 0 radical (unpaired) electrons. The quantitative estimate of drug-likeness (QED) is 0.550. The van der Waals surface area contributed by atoms with Gasteiger partial charge in [-0.25, -0.2) is 0 Å². The molecule has 3 rings (SSSR count). The number of benzene rings is 1. The van der Waals surface area contributed by atoms with E-state index in [0.717, 1.165) is 23.3 Å². The lowest BCUT2D eigenvalue weighted by molar-refractivity contribution is -0.380. The molecule has 2 heterocycles. The first-order chi connectivity index (χ1) is 13.5. The second kappa shape index (κ2) is 8.97. The summed E-state index contributed by atoms with van der Waals surface area (Å²) < 4.78 is 0. The van der Waals surface area contributed by atoms with Gasteiger partial charge in [-0.15, -0.1) is 0 Å². The Morgan fingerprint density at radius 1 is 1.00 bits per heavy atom. The lowest BCUT2D eigenvalue weighted by Crippen LogP contribution is -2.50. The number of amides is 2. The second-order valence-corrected chi connectivity index (χ2v) is 7.80. The van der Waals surface area contributed by atoms with Crippen molar-refractivity contribution >= 4 is 28.2 Å². The molecule has 1 aromatic heterocycles. The van der Waals surface area contributed by atoms with Crippen molar-refractivity contribution in [3.63, 3.8) is 0 Å². The van der Waals surface area contributed by atoms with Gasteiger partial charge in [-0.3, -0.25) is 19.7 Å². The number of rotatable bonds is 6. The molecule has 2 aromatic rings. The van der Waals surface area contributed by atoms with Crippen molar-refractivity contribution in [3.05, 3.63) is 62.5 Å². The molecule has 0 N–H and O–H groups in total. The molecule has 1 aliphatic heterocycles. The Bertz CT molecular complexity index is 855. The minimum Gasteiger partial charge on any atom is -0.339 e. The summed E-state index contributed by atoms with van der Waals surface area (Å²) in [7, 11) is 0. The molecule has 148 valence electrons. The molecule has 7 nitrogen and oxygen atoms in total. The third kappa shape index (κ3) is 4.75. The van der Waals surface area contributed by atoms with E-state index in [1.54, 1.807) is 9.80 Å². The van der Waals surface area contributed by atoms with E-state index >= 15 is 0 Å². The number of thiophene rings is 1. The molecule has 0 bridgehead atoms. The summed E-state index contributed by atoms with van der Waals surface area (Å²) in [5.74, 6) is -0.111. The van der Waals surface area contributed by atoms with Crippen LogP contribution in [0.25, 0.3) is 0 Å². The second-order valence-electron chi connectivity index (χ2n) is 6.74. The molecule has 1 fully saturated rings. The number of carbonyl (C=O) groups excluding carboxylic acids is 2. The normalized spacial score (nSPS) is 14.2. The van der Waals surface area contributed by atoms with Gasteiger partial charge >= 0.3 is 5.00 Å². The summed E-state index contributed by atoms with van der Waals surface area (Å²) >= 11 is 0.887. The van der Waals surface area contributed by atoms with Crippen LogP contribution >= 0.6 is 11.3 Å². The highest BCUT2D eigenvalue weighted by molar-refractivity contribution is 7.17. The van der Waals surface area contributed by atoms with E-state index in [-0.39, 0.29) is 16.8 Å². The van der Waals surface area contributed by atoms with Gasteiger partial charge in [-0.2, -0.15) is 0 Å². The van der Waals surface area contributed by atoms with Gasteiger partial charge in [0.1, 0.15) is 0 Å². The molecule has 1 aliphatic rings. The first kappa shape index (κ1) is 20.0. The largest absolute Gasteiger partial charge is 0.339 e. The highest BCUT2D eigenvalue weighted by Crippen LogP contribution is 2.25. The number of carbonyl (C=O) groups is 2. The molecular formula is C20H23N3O4S. The molecule has 0 aliphatic carbocycles. The maximum Gasteiger partial charge on any atom is 0.324 e. The Hall–Kier alpha value is -2.74. The van der Waals surface area contributed by atoms with E-state index in [2.05, 4.69) is 31.2 Å². The van der Waals surface area contributed by atoms with E-state index < -0.39 is 4.92 Å². The number of nitrogens with zero attached hydrogens (tertiary/aromatic N) is 3. The van der Waals surface area contributed by atoms with E-state index in [9.17, 15) is 19.7 Å². The molecule has 0 spiro atoms. The fourth-order valence-corrected chi connectivity index (χ4v) is 3.99. The Kier molecular flexibility index (Phi) is 6.41. The van der Waals surface area contributed by atoms with Gasteiger partial charge in [-0.1, -0.05) is 42.5 Å². The fraction of sp³-hybridized carbons (Fsp3) is 0.400. The van der Waals surface area contributed by atoms with Gasteiger partial charge in [0.25, 0.3) is 5.91 Å². The maximum atomic E-state index is 12.5. The maximum absolute atomic E-state index is 12.5. The third-order valence-corrected chi connectivity index (χ3v) is 5.99. The molecule has 0 unspecified atom stereocenters. The van der Waals surface area contributed by atoms with E-state index in [4.69, 9.17) is 0 Å². The van der Waals surface area contributed by atoms with Crippen LogP contribution in [-0.2, 0) is 17.6 Å². The van der Waals surface area contributed by atoms with Crippen molar-refractivity contribution in [2.75, 3.05) is 26.2 Å². The Labute approximate surface area is 167 Å². The van der Waals surface area contributed by atoms with Gasteiger partial charge < -0.3 is 9.80 Å². The summed E-state index contributed by atoms with van der Waals surface area (Å²) in [6, 6.07) is 11.2. The van der Waals surface area contributed by atoms with Gasteiger partial charge in [0.2, 0.25) is 5.91 Å². The predicted octanol–water partition coefficient (Wildman–Crippen LogP) is 3.14. The van der Waals surface area contributed by atoms with Crippen LogP contribution in [0.5, 0.6) is 0 Å². The molecule has 0 saturated carbocycles. The average Bonchev–Trinajstić information content (AvgIpc) is 3.22. The SMILES string of the molecule is CCc1ccc(CCC(=O)N2CCN(C(=O)c3ccc([N+](=O)[O-])s3)CC2)cc1. The van der Waals surface area contributed by atoms with Crippen molar-refractivity contribution in [2.24, 2.45) is 0 Å². The average molecular weight is 401 g/mol. The van der Waals surface area contributed by atoms with Crippen LogP contribution in [-0.4, -0.2) is 52.7 Å². The molecule has 2 amide bonds. The molecule has 1 aromatic carbocycles. The first-order valence-corrected chi connectivity index (χ1v) is 10.2. The molecule has 1 saturated heterocycles. The zero-order chi connectivity index (χ0) is 20.1. The predicted molar refractivity (Wildman–Crippen MR) is 108 cm³/mol. The van der Waals surface area contributed by atoms with Crippen LogP contribution in [0.1, 0.15) is 34.1 Å². The molecule has 8 heteroatoms. The van der Waals surface area contributed by atoms with Gasteiger partial charge in [0.05, 0.1) is 9.80 Å². The topological polar surface area (TPSA) is 83.8 Å². The van der Waals surface area contributed by atoms with Gasteiger partial charge in [0, 0.05) is 38.7 Å². The van der Waals surface area contributed by atoms with Crippen molar-refractivity contribution in [2.45, 2.75) is 26.2 Å². The monoisotopic (exact) mass is 401 g/mol. The van der Waals surface area contributed by atoms with Crippen LogP contribution in [0.4, 0.5) is 5.00 Å². The van der Waals surface area contributed by atoms with Crippen molar-refractivity contribution in [1.29, 1.82) is 0 Å². The first-order valence-electron chi connectivity index (χ1n) is 9.37. The van der Waals surface area contributed by atoms with Crippen LogP contribution in [0, 0.1) is 10.1 Å². The van der Waals surface area contributed by atoms with Gasteiger partial charge in [-0.05, 0) is 30.0 Å². The van der Waals surface area contributed by atoms with E-state index in [1.807, 2.05) is 0 Å². The Morgan fingerprint density at radius 2 is 1.61 bits per heavy atom. The summed E-state index contributed by atoms with van der Waals surface area (Å²) in [5.41, 5.74) is 2.44. The highest BCUT2D eigenvalue weighted by Gasteiger charge is 2.26. The fourth-order valence-electron chi connectivity index (χ4n) is 3.21. The molecule has 28 heavy (non-hydrogen) atoms.